The number of aryl methyl sites for hydroxylation is 1. The van der Waals surface area contributed by atoms with Crippen LogP contribution >= 0.6 is 0 Å². The molecular weight excluding hydrogens is 204 g/mol. The zero-order valence-corrected chi connectivity index (χ0v) is 9.68. The summed E-state index contributed by atoms with van der Waals surface area (Å²) < 4.78 is 0. The lowest BCUT2D eigenvalue weighted by Crippen LogP contribution is -2.13. The minimum Gasteiger partial charge on any atom is -0.479 e. The highest BCUT2D eigenvalue weighted by atomic mass is 16.4. The molecule has 1 rings (SSSR count). The maximum atomic E-state index is 10.7. The predicted octanol–water partition coefficient (Wildman–Crippen LogP) is 2.39. The third-order valence-electron chi connectivity index (χ3n) is 2.57. The third-order valence-corrected chi connectivity index (χ3v) is 2.57. The van der Waals surface area contributed by atoms with Gasteiger partial charge in [-0.2, -0.15) is 0 Å². The van der Waals surface area contributed by atoms with E-state index in [1.54, 1.807) is 12.1 Å². The quantitative estimate of drug-likeness (QED) is 0.804. The summed E-state index contributed by atoms with van der Waals surface area (Å²) in [5.74, 6) is -0.632. The van der Waals surface area contributed by atoms with Gasteiger partial charge < -0.3 is 10.2 Å². The number of rotatable bonds is 5. The first-order chi connectivity index (χ1) is 7.52. The predicted molar refractivity (Wildman–Crippen MR) is 62.2 cm³/mol. The highest BCUT2D eigenvalue weighted by molar-refractivity contribution is 5.74. The summed E-state index contributed by atoms with van der Waals surface area (Å²) in [7, 11) is 0. The monoisotopic (exact) mass is 222 g/mol. The molecule has 0 saturated heterocycles. The van der Waals surface area contributed by atoms with Crippen molar-refractivity contribution >= 4 is 5.97 Å². The minimum absolute atomic E-state index is 0.510. The van der Waals surface area contributed by atoms with Crippen molar-refractivity contribution in [2.24, 2.45) is 5.92 Å². The highest BCUT2D eigenvalue weighted by Crippen LogP contribution is 2.20. The van der Waals surface area contributed by atoms with E-state index in [4.69, 9.17) is 5.11 Å². The van der Waals surface area contributed by atoms with Crippen LogP contribution in [0.3, 0.4) is 0 Å². The van der Waals surface area contributed by atoms with Crippen LogP contribution in [0.1, 0.15) is 37.5 Å². The van der Waals surface area contributed by atoms with E-state index in [2.05, 4.69) is 13.8 Å². The van der Waals surface area contributed by atoms with Gasteiger partial charge in [-0.05, 0) is 29.9 Å². The Bertz CT molecular complexity index is 358. The molecule has 0 aliphatic heterocycles. The second-order valence-electron chi connectivity index (χ2n) is 4.37. The van der Waals surface area contributed by atoms with Crippen molar-refractivity contribution < 1.29 is 15.0 Å². The normalized spacial score (nSPS) is 12.8. The maximum Gasteiger partial charge on any atom is 0.337 e. The Hall–Kier alpha value is -1.35. The second-order valence-corrected chi connectivity index (χ2v) is 4.37. The summed E-state index contributed by atoms with van der Waals surface area (Å²) in [6.45, 7) is 4.24. The van der Waals surface area contributed by atoms with E-state index in [9.17, 15) is 9.90 Å². The van der Waals surface area contributed by atoms with Gasteiger partial charge in [0.05, 0.1) is 0 Å². The molecule has 16 heavy (non-hydrogen) atoms. The molecule has 0 radical (unpaired) electrons. The van der Waals surface area contributed by atoms with Crippen molar-refractivity contribution in [2.45, 2.75) is 32.8 Å². The van der Waals surface area contributed by atoms with Crippen molar-refractivity contribution in [1.82, 2.24) is 0 Å². The minimum atomic E-state index is -1.41. The summed E-state index contributed by atoms with van der Waals surface area (Å²) >= 11 is 0. The standard InChI is InChI=1S/C13H18O3/c1-9(2)7-8-10-5-3-4-6-11(10)12(14)13(15)16/h3-6,9,12,14H,7-8H2,1-2H3,(H,15,16). The second kappa shape index (κ2) is 5.66. The smallest absolute Gasteiger partial charge is 0.337 e. The molecule has 2 N–H and O–H groups in total. The summed E-state index contributed by atoms with van der Waals surface area (Å²) in [6, 6.07) is 7.17. The van der Waals surface area contributed by atoms with E-state index in [0.717, 1.165) is 18.4 Å². The molecule has 1 unspecified atom stereocenters. The molecule has 88 valence electrons. The van der Waals surface area contributed by atoms with Crippen LogP contribution in [0.5, 0.6) is 0 Å². The zero-order chi connectivity index (χ0) is 12.1. The fourth-order valence-electron chi connectivity index (χ4n) is 1.61. The summed E-state index contributed by atoms with van der Waals surface area (Å²) in [6.07, 6.45) is 0.380. The van der Waals surface area contributed by atoms with Gasteiger partial charge in [0.2, 0.25) is 0 Å². The largest absolute Gasteiger partial charge is 0.479 e. The Labute approximate surface area is 95.7 Å². The number of carboxylic acids is 1. The SMILES string of the molecule is CC(C)CCc1ccccc1C(O)C(=O)O. The van der Waals surface area contributed by atoms with E-state index in [1.165, 1.54) is 0 Å². The Morgan fingerprint density at radius 2 is 1.94 bits per heavy atom. The molecule has 1 aromatic carbocycles. The van der Waals surface area contributed by atoms with E-state index in [-0.39, 0.29) is 0 Å². The molecule has 0 spiro atoms. The first kappa shape index (κ1) is 12.7. The molecule has 0 aromatic heterocycles. The lowest BCUT2D eigenvalue weighted by Gasteiger charge is -2.13. The first-order valence-electron chi connectivity index (χ1n) is 5.51. The van der Waals surface area contributed by atoms with E-state index in [1.807, 2.05) is 12.1 Å². The van der Waals surface area contributed by atoms with Crippen LogP contribution in [0.25, 0.3) is 0 Å². The van der Waals surface area contributed by atoms with E-state index < -0.39 is 12.1 Å². The molecule has 0 bridgehead atoms. The third kappa shape index (κ3) is 3.35. The number of carboxylic acid groups (broad SMARTS) is 1. The topological polar surface area (TPSA) is 57.5 Å². The van der Waals surface area contributed by atoms with Crippen LogP contribution in [0, 0.1) is 5.92 Å². The molecular formula is C13H18O3. The number of benzene rings is 1. The molecule has 1 atom stereocenters. The lowest BCUT2D eigenvalue weighted by molar-refractivity contribution is -0.147. The van der Waals surface area contributed by atoms with E-state index >= 15 is 0 Å². The molecule has 3 heteroatoms. The Morgan fingerprint density at radius 1 is 1.31 bits per heavy atom. The molecule has 1 aromatic rings. The number of aliphatic hydroxyl groups excluding tert-OH is 1. The van der Waals surface area contributed by atoms with Gasteiger partial charge in [-0.15, -0.1) is 0 Å². The highest BCUT2D eigenvalue weighted by Gasteiger charge is 2.18. The molecule has 0 amide bonds. The van der Waals surface area contributed by atoms with Crippen molar-refractivity contribution in [2.75, 3.05) is 0 Å². The average Bonchev–Trinajstić information content (AvgIpc) is 2.25. The van der Waals surface area contributed by atoms with Crippen molar-refractivity contribution in [3.05, 3.63) is 35.4 Å². The number of hydrogen-bond acceptors (Lipinski definition) is 2. The first-order valence-corrected chi connectivity index (χ1v) is 5.51. The maximum absolute atomic E-state index is 10.7. The zero-order valence-electron chi connectivity index (χ0n) is 9.68. The number of aliphatic hydroxyl groups is 1. The Balaban J connectivity index is 2.87. The molecule has 3 nitrogen and oxygen atoms in total. The van der Waals surface area contributed by atoms with Crippen LogP contribution in [-0.2, 0) is 11.2 Å². The Morgan fingerprint density at radius 3 is 2.50 bits per heavy atom. The average molecular weight is 222 g/mol. The molecule has 0 aliphatic carbocycles. The molecule has 0 aliphatic rings. The molecule has 0 fully saturated rings. The van der Waals surface area contributed by atoms with Crippen molar-refractivity contribution in [3.63, 3.8) is 0 Å². The molecule has 0 heterocycles. The van der Waals surface area contributed by atoms with Gasteiger partial charge in [0.1, 0.15) is 0 Å². The van der Waals surface area contributed by atoms with Gasteiger partial charge >= 0.3 is 5.97 Å². The number of carbonyl (C=O) groups is 1. The van der Waals surface area contributed by atoms with Crippen LogP contribution in [-0.4, -0.2) is 16.2 Å². The van der Waals surface area contributed by atoms with Crippen LogP contribution in [0.15, 0.2) is 24.3 Å². The van der Waals surface area contributed by atoms with Gasteiger partial charge in [-0.1, -0.05) is 38.1 Å². The summed E-state index contributed by atoms with van der Waals surface area (Å²) in [4.78, 5) is 10.7. The van der Waals surface area contributed by atoms with Crippen molar-refractivity contribution in [1.29, 1.82) is 0 Å². The number of aliphatic carboxylic acids is 1. The van der Waals surface area contributed by atoms with Crippen LogP contribution < -0.4 is 0 Å². The Kier molecular flexibility index (Phi) is 4.50. The van der Waals surface area contributed by atoms with Gasteiger partial charge in [0.25, 0.3) is 0 Å². The van der Waals surface area contributed by atoms with Gasteiger partial charge in [0.15, 0.2) is 6.10 Å². The van der Waals surface area contributed by atoms with Crippen LogP contribution in [0.4, 0.5) is 0 Å². The summed E-state index contributed by atoms with van der Waals surface area (Å²) in [5.41, 5.74) is 1.43. The van der Waals surface area contributed by atoms with Gasteiger partial charge in [0, 0.05) is 0 Å². The summed E-state index contributed by atoms with van der Waals surface area (Å²) in [5, 5.41) is 18.3. The number of hydrogen-bond donors (Lipinski definition) is 2. The van der Waals surface area contributed by atoms with Gasteiger partial charge in [-0.25, -0.2) is 4.79 Å². The lowest BCUT2D eigenvalue weighted by atomic mass is 9.96. The van der Waals surface area contributed by atoms with Gasteiger partial charge in [-0.3, -0.25) is 0 Å². The van der Waals surface area contributed by atoms with Crippen molar-refractivity contribution in [3.8, 4) is 0 Å². The fraction of sp³-hybridized carbons (Fsp3) is 0.462. The van der Waals surface area contributed by atoms with E-state index in [0.29, 0.717) is 11.5 Å². The molecule has 0 saturated carbocycles. The fourth-order valence-corrected chi connectivity index (χ4v) is 1.61. The van der Waals surface area contributed by atoms with Crippen LogP contribution in [0.2, 0.25) is 0 Å².